The molecule has 0 atom stereocenters. The first-order chi connectivity index (χ1) is 20.0. The summed E-state index contributed by atoms with van der Waals surface area (Å²) in [4.78, 5) is 33.2. The Bertz CT molecular complexity index is 1190. The van der Waals surface area contributed by atoms with Gasteiger partial charge in [0.1, 0.15) is 22.4 Å². The van der Waals surface area contributed by atoms with Crippen LogP contribution in [0, 0.1) is 6.92 Å². The number of aromatic nitrogens is 2. The molecule has 0 aliphatic heterocycles. The molecule has 0 spiro atoms. The van der Waals surface area contributed by atoms with Crippen molar-refractivity contribution in [3.63, 3.8) is 0 Å². The molecule has 0 saturated carbocycles. The van der Waals surface area contributed by atoms with E-state index in [-0.39, 0.29) is 30.4 Å². The molecule has 0 radical (unpaired) electrons. The number of aliphatic hydroxyl groups is 1. The number of aryl methyl sites for hydroxylation is 1. The quantitative estimate of drug-likeness (QED) is 0.135. The first-order valence-electron chi connectivity index (χ1n) is 12.7. The van der Waals surface area contributed by atoms with E-state index in [1.165, 1.54) is 28.7 Å². The zero-order valence-electron chi connectivity index (χ0n) is 23.4. The van der Waals surface area contributed by atoms with Gasteiger partial charge in [-0.15, -0.1) is 22.7 Å². The molecule has 41 heavy (non-hydrogen) atoms. The third kappa shape index (κ3) is 12.3. The molecule has 226 valence electrons. The molecule has 1 amide bonds. The van der Waals surface area contributed by atoms with Gasteiger partial charge in [-0.25, -0.2) is 9.97 Å². The van der Waals surface area contributed by atoms with Crippen molar-refractivity contribution >= 4 is 34.9 Å². The maximum atomic E-state index is 12.1. The number of aldehydes is 1. The highest BCUT2D eigenvalue weighted by molar-refractivity contribution is 7.16. The van der Waals surface area contributed by atoms with Crippen molar-refractivity contribution in [2.75, 3.05) is 73.7 Å². The number of nitrogens with one attached hydrogen (secondary N) is 1. The maximum absolute atomic E-state index is 12.1. The van der Waals surface area contributed by atoms with E-state index >= 15 is 0 Å². The molecule has 0 bridgehead atoms. The van der Waals surface area contributed by atoms with Gasteiger partial charge >= 0.3 is 0 Å². The fourth-order valence-corrected chi connectivity index (χ4v) is 5.09. The second-order valence-corrected chi connectivity index (χ2v) is 10.1. The smallest absolute Gasteiger partial charge is 0.246 e. The van der Waals surface area contributed by atoms with E-state index in [9.17, 15) is 14.7 Å². The molecule has 0 aliphatic carbocycles. The normalized spacial score (nSPS) is 10.7. The van der Waals surface area contributed by atoms with Crippen molar-refractivity contribution in [2.24, 2.45) is 0 Å². The SMILES string of the molecule is CO.COCCOCCOCCOCCOCC(=O)NCc1nc(C)c(-c2csc(-c3ccc(C=O)c(O)c3)n2)s1. The first-order valence-corrected chi connectivity index (χ1v) is 14.4. The number of hydrogen-bond donors (Lipinski definition) is 3. The van der Waals surface area contributed by atoms with Crippen molar-refractivity contribution in [2.45, 2.75) is 13.5 Å². The van der Waals surface area contributed by atoms with E-state index in [2.05, 4.69) is 15.3 Å². The molecule has 0 unspecified atom stereocenters. The van der Waals surface area contributed by atoms with Crippen LogP contribution in [0.25, 0.3) is 21.1 Å². The second-order valence-electron chi connectivity index (χ2n) is 8.11. The number of rotatable bonds is 19. The Morgan fingerprint density at radius 1 is 0.976 bits per heavy atom. The standard InChI is InChI=1S/C26H33N3O8S2.CH4O/c1-18-25(21-17-38-26(29-21)19-3-4-20(15-30)22(31)13-19)39-24(28-18)14-27-23(32)16-37-12-11-36-10-9-35-8-7-34-6-5-33-2;1-2/h3-4,13,15,17,31H,5-12,14,16H2,1-2H3,(H,27,32);2H,1H3. The van der Waals surface area contributed by atoms with Crippen LogP contribution in [-0.2, 0) is 35.0 Å². The fourth-order valence-electron chi connectivity index (χ4n) is 3.24. The van der Waals surface area contributed by atoms with Crippen molar-refractivity contribution in [3.8, 4) is 26.9 Å². The Balaban J connectivity index is 0.00000287. The van der Waals surface area contributed by atoms with Crippen LogP contribution in [0.5, 0.6) is 5.75 Å². The number of aromatic hydroxyl groups is 1. The summed E-state index contributed by atoms with van der Waals surface area (Å²) in [5.74, 6) is -0.320. The summed E-state index contributed by atoms with van der Waals surface area (Å²) in [7, 11) is 2.63. The second kappa shape index (κ2) is 20.1. The Morgan fingerprint density at radius 3 is 2.22 bits per heavy atom. The van der Waals surface area contributed by atoms with E-state index in [1.54, 1.807) is 19.2 Å². The number of carbonyl (C=O) groups is 2. The summed E-state index contributed by atoms with van der Waals surface area (Å²) in [6, 6.07) is 4.84. The predicted octanol–water partition coefficient (Wildman–Crippen LogP) is 2.70. The van der Waals surface area contributed by atoms with Gasteiger partial charge in [-0.2, -0.15) is 0 Å². The monoisotopic (exact) mass is 611 g/mol. The minimum absolute atomic E-state index is 0.0684. The Hall–Kier alpha value is -2.82. The lowest BCUT2D eigenvalue weighted by atomic mass is 10.1. The summed E-state index contributed by atoms with van der Waals surface area (Å²) in [6.07, 6.45) is 0.608. The molecule has 0 aliphatic rings. The number of phenols is 1. The van der Waals surface area contributed by atoms with Crippen LogP contribution in [0.4, 0.5) is 0 Å². The average molecular weight is 612 g/mol. The van der Waals surface area contributed by atoms with E-state index in [0.29, 0.717) is 59.1 Å². The molecular weight excluding hydrogens is 574 g/mol. The molecule has 2 aromatic heterocycles. The van der Waals surface area contributed by atoms with Crippen LogP contribution in [0.15, 0.2) is 23.6 Å². The summed E-state index contributed by atoms with van der Waals surface area (Å²) in [5, 5.41) is 23.2. The Kier molecular flexibility index (Phi) is 16.9. The number of ether oxygens (including phenoxy) is 5. The maximum Gasteiger partial charge on any atom is 0.246 e. The highest BCUT2D eigenvalue weighted by atomic mass is 32.1. The number of amides is 1. The number of methoxy groups -OCH3 is 1. The van der Waals surface area contributed by atoms with Crippen molar-refractivity contribution < 1.29 is 43.5 Å². The zero-order chi connectivity index (χ0) is 29.9. The topological polar surface area (TPSA) is 159 Å². The number of thiazole rings is 2. The van der Waals surface area contributed by atoms with E-state index < -0.39 is 0 Å². The van der Waals surface area contributed by atoms with Gasteiger partial charge in [0.05, 0.1) is 81.2 Å². The zero-order valence-corrected chi connectivity index (χ0v) is 25.1. The lowest BCUT2D eigenvalue weighted by Gasteiger charge is -2.07. The van der Waals surface area contributed by atoms with Crippen LogP contribution >= 0.6 is 22.7 Å². The Morgan fingerprint density at radius 2 is 1.61 bits per heavy atom. The molecule has 2 heterocycles. The molecule has 12 nitrogen and oxygen atoms in total. The third-order valence-electron chi connectivity index (χ3n) is 5.20. The number of hydrogen-bond acceptors (Lipinski definition) is 13. The molecule has 3 rings (SSSR count). The van der Waals surface area contributed by atoms with Gasteiger partial charge in [0, 0.05) is 25.2 Å². The van der Waals surface area contributed by atoms with E-state index in [0.717, 1.165) is 39.0 Å². The number of benzene rings is 1. The molecular formula is C27H37N3O9S2. The van der Waals surface area contributed by atoms with E-state index in [1.807, 2.05) is 12.3 Å². The summed E-state index contributed by atoms with van der Waals surface area (Å²) in [5.41, 5.74) is 2.54. The summed E-state index contributed by atoms with van der Waals surface area (Å²) >= 11 is 2.89. The van der Waals surface area contributed by atoms with Crippen LogP contribution in [0.2, 0.25) is 0 Å². The van der Waals surface area contributed by atoms with Crippen molar-refractivity contribution in [1.82, 2.24) is 15.3 Å². The number of phenolic OH excluding ortho intramolecular Hbond substituents is 1. The number of carbonyl (C=O) groups excluding carboxylic acids is 2. The van der Waals surface area contributed by atoms with Gasteiger partial charge in [0.2, 0.25) is 5.91 Å². The van der Waals surface area contributed by atoms with Gasteiger partial charge in [-0.1, -0.05) is 6.07 Å². The molecule has 0 fully saturated rings. The lowest BCUT2D eigenvalue weighted by molar-refractivity contribution is -0.126. The molecule has 0 saturated heterocycles. The lowest BCUT2D eigenvalue weighted by Crippen LogP contribution is -2.27. The molecule has 1 aromatic carbocycles. The summed E-state index contributed by atoms with van der Waals surface area (Å²) in [6.45, 7) is 5.81. The van der Waals surface area contributed by atoms with Crippen molar-refractivity contribution in [1.29, 1.82) is 0 Å². The van der Waals surface area contributed by atoms with Crippen LogP contribution in [-0.4, -0.2) is 106 Å². The van der Waals surface area contributed by atoms with Crippen LogP contribution in [0.1, 0.15) is 21.1 Å². The largest absolute Gasteiger partial charge is 0.507 e. The highest BCUT2D eigenvalue weighted by Crippen LogP contribution is 2.35. The van der Waals surface area contributed by atoms with Crippen LogP contribution in [0.3, 0.4) is 0 Å². The van der Waals surface area contributed by atoms with Gasteiger partial charge < -0.3 is 39.2 Å². The van der Waals surface area contributed by atoms with Gasteiger partial charge in [-0.3, -0.25) is 9.59 Å². The van der Waals surface area contributed by atoms with Crippen LogP contribution < -0.4 is 5.32 Å². The fraction of sp³-hybridized carbons (Fsp3) is 0.481. The number of nitrogens with zero attached hydrogens (tertiary/aromatic N) is 2. The Labute approximate surface area is 247 Å². The van der Waals surface area contributed by atoms with Gasteiger partial charge in [-0.05, 0) is 19.1 Å². The van der Waals surface area contributed by atoms with Gasteiger partial charge in [0.25, 0.3) is 0 Å². The third-order valence-corrected chi connectivity index (χ3v) is 7.27. The minimum atomic E-state index is -0.240. The van der Waals surface area contributed by atoms with E-state index in [4.69, 9.17) is 28.8 Å². The molecule has 3 aromatic rings. The molecule has 14 heteroatoms. The average Bonchev–Trinajstić information content (AvgIpc) is 3.62. The van der Waals surface area contributed by atoms with Gasteiger partial charge in [0.15, 0.2) is 6.29 Å². The van der Waals surface area contributed by atoms with Crippen molar-refractivity contribution in [3.05, 3.63) is 39.8 Å². The minimum Gasteiger partial charge on any atom is -0.507 e. The number of aliphatic hydroxyl groups excluding tert-OH is 1. The first kappa shape index (κ1) is 34.4. The highest BCUT2D eigenvalue weighted by Gasteiger charge is 2.15. The predicted molar refractivity (Wildman–Crippen MR) is 156 cm³/mol. The molecule has 3 N–H and O–H groups in total. The summed E-state index contributed by atoms with van der Waals surface area (Å²) < 4.78 is 26.3.